The topological polar surface area (TPSA) is 146 Å². The monoisotopic (exact) mass is 1140 g/mol. The molecule has 4 aromatic rings. The maximum Gasteiger partial charge on any atom is 0.494 e. The number of alkyl halides is 1. The summed E-state index contributed by atoms with van der Waals surface area (Å²) in [5.41, 5.74) is 3.84. The molecule has 4 atom stereocenters. The minimum absolute atomic E-state index is 0.0543. The summed E-state index contributed by atoms with van der Waals surface area (Å²) in [7, 11) is -0.336. The molecule has 67 heavy (non-hydrogen) atoms. The van der Waals surface area contributed by atoms with E-state index in [2.05, 4.69) is 62.9 Å². The van der Waals surface area contributed by atoms with E-state index in [-0.39, 0.29) is 37.1 Å². The molecule has 5 N–H and O–H groups in total. The van der Waals surface area contributed by atoms with Crippen LogP contribution in [0.3, 0.4) is 0 Å². The van der Waals surface area contributed by atoms with Gasteiger partial charge in [-0.1, -0.05) is 78.1 Å². The number of nitrogens with one attached hydrogen (secondary N) is 1. The molecule has 4 heterocycles. The van der Waals surface area contributed by atoms with Crippen LogP contribution in [0, 0.1) is 20.8 Å². The number of aliphatic hydroxyl groups excluding tert-OH is 3. The first-order valence-electron chi connectivity index (χ1n) is 23.0. The fraction of sp³-hybridized carbons (Fsp3) is 0.520. The molecule has 4 aliphatic heterocycles. The van der Waals surface area contributed by atoms with Crippen molar-refractivity contribution < 1.29 is 43.9 Å². The molecule has 12 nitrogen and oxygen atoms in total. The number of likely N-dealkylation sites (tertiary alicyclic amines) is 2. The van der Waals surface area contributed by atoms with Crippen LogP contribution in [0.1, 0.15) is 56.7 Å². The third-order valence-electron chi connectivity index (χ3n) is 11.7. The summed E-state index contributed by atoms with van der Waals surface area (Å²) in [5.74, 6) is 3.51. The predicted octanol–water partition coefficient (Wildman–Crippen LogP) is 8.42. The number of phenolic OH excluding ortho intramolecular Hbond substituents is 1. The molecule has 0 aromatic heterocycles. The average Bonchev–Trinajstić information content (AvgIpc) is 4.12. The zero-order valence-corrected chi connectivity index (χ0v) is 45.2. The molecule has 0 radical (unpaired) electrons. The van der Waals surface area contributed by atoms with E-state index in [1.165, 1.54) is 0 Å². The highest BCUT2D eigenvalue weighted by Gasteiger charge is 2.44. The first kappa shape index (κ1) is 57.1. The number of benzene rings is 4. The van der Waals surface area contributed by atoms with Crippen molar-refractivity contribution in [2.24, 2.45) is 0 Å². The van der Waals surface area contributed by atoms with Crippen LogP contribution in [-0.4, -0.2) is 145 Å². The second kappa shape index (κ2) is 29.7. The molecule has 4 aromatic carbocycles. The van der Waals surface area contributed by atoms with E-state index in [0.717, 1.165) is 124 Å². The number of aliphatic hydroxyl groups is 3. The van der Waals surface area contributed by atoms with Gasteiger partial charge in [0.1, 0.15) is 42.8 Å². The zero-order chi connectivity index (χ0) is 48.9. The lowest BCUT2D eigenvalue weighted by atomic mass is 9.79. The van der Waals surface area contributed by atoms with Gasteiger partial charge in [0, 0.05) is 75.9 Å². The molecule has 4 aliphatic rings. The summed E-state index contributed by atoms with van der Waals surface area (Å²) in [6, 6.07) is 25.1. The van der Waals surface area contributed by atoms with Crippen molar-refractivity contribution in [3.05, 3.63) is 109 Å². The Balaban J connectivity index is 0.000000196. The van der Waals surface area contributed by atoms with E-state index < -0.39 is 0 Å². The SMILES string of the molecule is CC1OB(c2cccc(OCCN3CC[C@H](O)C3)c2)OC1(C)C.Cc1c(Br)cccc1OCCCl.Cc1c(Br)cccc1OCCN1CC[C@H](O)C1.Cc1c(O)cccc1Br.O[C@H]1CCNC1. The van der Waals surface area contributed by atoms with Crippen LogP contribution in [0.4, 0.5) is 0 Å². The number of phenols is 1. The lowest BCUT2D eigenvalue weighted by molar-refractivity contribution is 0.0842. The Labute approximate surface area is 429 Å². The van der Waals surface area contributed by atoms with Crippen LogP contribution in [0.2, 0.25) is 0 Å². The highest BCUT2D eigenvalue weighted by Crippen LogP contribution is 2.29. The Morgan fingerprint density at radius 1 is 0.716 bits per heavy atom. The highest BCUT2D eigenvalue weighted by molar-refractivity contribution is 9.11. The zero-order valence-electron chi connectivity index (χ0n) is 39.7. The number of nitrogens with zero attached hydrogens (tertiary/aromatic N) is 2. The fourth-order valence-corrected chi connectivity index (χ4v) is 8.26. The summed E-state index contributed by atoms with van der Waals surface area (Å²) >= 11 is 15.7. The van der Waals surface area contributed by atoms with Crippen molar-refractivity contribution in [3.8, 4) is 23.0 Å². The van der Waals surface area contributed by atoms with Gasteiger partial charge in [0.15, 0.2) is 0 Å². The molecular weight excluding hydrogens is 1070 g/mol. The van der Waals surface area contributed by atoms with Gasteiger partial charge in [-0.05, 0) is 121 Å². The van der Waals surface area contributed by atoms with E-state index >= 15 is 0 Å². The van der Waals surface area contributed by atoms with Crippen molar-refractivity contribution in [3.63, 3.8) is 0 Å². The van der Waals surface area contributed by atoms with Gasteiger partial charge in [-0.3, -0.25) is 9.80 Å². The van der Waals surface area contributed by atoms with E-state index in [4.69, 9.17) is 45.3 Å². The predicted molar refractivity (Wildman–Crippen MR) is 281 cm³/mol. The molecule has 0 bridgehead atoms. The molecule has 17 heteroatoms. The molecule has 8 rings (SSSR count). The smallest absolute Gasteiger partial charge is 0.494 e. The van der Waals surface area contributed by atoms with Gasteiger partial charge < -0.3 is 49.3 Å². The first-order chi connectivity index (χ1) is 32.0. The Bertz CT molecular complexity index is 2050. The Morgan fingerprint density at radius 2 is 1.24 bits per heavy atom. The lowest BCUT2D eigenvalue weighted by Crippen LogP contribution is -2.34. The number of ether oxygens (including phenoxy) is 3. The van der Waals surface area contributed by atoms with Gasteiger partial charge in [0.25, 0.3) is 0 Å². The van der Waals surface area contributed by atoms with Crippen molar-refractivity contribution in [2.75, 3.05) is 78.1 Å². The number of hydrogen-bond donors (Lipinski definition) is 5. The van der Waals surface area contributed by atoms with Crippen LogP contribution < -0.4 is 25.0 Å². The molecule has 0 saturated carbocycles. The summed E-state index contributed by atoms with van der Waals surface area (Å²) in [5, 5.41) is 39.7. The van der Waals surface area contributed by atoms with Gasteiger partial charge in [-0.15, -0.1) is 11.6 Å². The summed E-state index contributed by atoms with van der Waals surface area (Å²) in [6.45, 7) is 20.8. The molecular formula is C50H70BBr3ClN3O9. The van der Waals surface area contributed by atoms with Crippen molar-refractivity contribution in [2.45, 2.75) is 90.8 Å². The third-order valence-corrected chi connectivity index (χ3v) is 14.5. The maximum atomic E-state index is 9.53. The van der Waals surface area contributed by atoms with Gasteiger partial charge >= 0.3 is 7.12 Å². The molecule has 4 fully saturated rings. The standard InChI is InChI=1S/C17H26BNO4.C13H18BrNO2.C9H10BrClO.C7H7BrO.C4H9NO/c1-13-17(2,3)23-18(22-13)14-5-4-6-16(11-14)21-10-9-19-8-7-15(20)12-19;1-10-12(14)3-2-4-13(10)17-8-7-15-6-5-11(16)9-15;1-7-8(10)3-2-4-9(7)12-6-5-11;1-5-6(8)3-2-4-7(5)9;6-4-1-2-5-3-4/h4-6,11,13,15,20H,7-10,12H2,1-3H3;2-4,11,16H,5-9H2,1H3;2-4H,5-6H2,1H3;2-4,9H,1H3;4-6H,1-3H2/t13?,15-;11-;;;4-/m00..0/s1. The van der Waals surface area contributed by atoms with Gasteiger partial charge in [-0.25, -0.2) is 0 Å². The van der Waals surface area contributed by atoms with E-state index in [1.807, 2.05) is 108 Å². The largest absolute Gasteiger partial charge is 0.508 e. The molecule has 4 saturated heterocycles. The number of halogens is 4. The van der Waals surface area contributed by atoms with Crippen molar-refractivity contribution >= 4 is 72.0 Å². The molecule has 1 unspecified atom stereocenters. The summed E-state index contributed by atoms with van der Waals surface area (Å²) < 4.78 is 32.0. The number of β-amino-alcohol motifs (C(OH)–C–C–N with tert-alkyl or cyclic N) is 3. The molecule has 0 amide bonds. The second-order valence-corrected chi connectivity index (χ2v) is 20.3. The molecule has 0 spiro atoms. The van der Waals surface area contributed by atoms with Gasteiger partial charge in [0.2, 0.25) is 0 Å². The van der Waals surface area contributed by atoms with Crippen molar-refractivity contribution in [1.29, 1.82) is 0 Å². The summed E-state index contributed by atoms with van der Waals surface area (Å²) in [6.07, 6.45) is 2.34. The van der Waals surface area contributed by atoms with Crippen LogP contribution in [-0.2, 0) is 9.31 Å². The lowest BCUT2D eigenvalue weighted by Gasteiger charge is -2.21. The van der Waals surface area contributed by atoms with E-state index in [9.17, 15) is 10.2 Å². The number of hydrogen-bond acceptors (Lipinski definition) is 12. The third kappa shape index (κ3) is 20.1. The average molecular weight is 1140 g/mol. The van der Waals surface area contributed by atoms with Crippen LogP contribution in [0.15, 0.2) is 92.3 Å². The highest BCUT2D eigenvalue weighted by atomic mass is 79.9. The molecule has 0 aliphatic carbocycles. The van der Waals surface area contributed by atoms with Crippen LogP contribution in [0.25, 0.3) is 0 Å². The Kier molecular flexibility index (Phi) is 25.3. The minimum atomic E-state index is -0.336. The number of aromatic hydroxyl groups is 1. The Morgan fingerprint density at radius 3 is 1.67 bits per heavy atom. The maximum absolute atomic E-state index is 9.53. The quantitative estimate of drug-likeness (QED) is 0.0686. The van der Waals surface area contributed by atoms with E-state index in [1.54, 1.807) is 12.1 Å². The number of rotatable bonds is 12. The molecule has 370 valence electrons. The van der Waals surface area contributed by atoms with Crippen molar-refractivity contribution in [1.82, 2.24) is 15.1 Å². The van der Waals surface area contributed by atoms with E-state index in [0.29, 0.717) is 31.5 Å². The normalized spacial score (nSPS) is 20.9. The second-order valence-electron chi connectivity index (χ2n) is 17.4. The fourth-order valence-electron chi connectivity index (χ4n) is 7.13. The van der Waals surface area contributed by atoms with Gasteiger partial charge in [-0.2, -0.15) is 0 Å². The Hall–Kier alpha value is -2.45. The minimum Gasteiger partial charge on any atom is -0.508 e. The first-order valence-corrected chi connectivity index (χ1v) is 25.9. The summed E-state index contributed by atoms with van der Waals surface area (Å²) in [4.78, 5) is 4.46. The van der Waals surface area contributed by atoms with Gasteiger partial charge in [0.05, 0.1) is 35.9 Å². The van der Waals surface area contributed by atoms with Crippen LogP contribution >= 0.6 is 59.4 Å². The van der Waals surface area contributed by atoms with Crippen LogP contribution in [0.5, 0.6) is 23.0 Å².